The van der Waals surface area contributed by atoms with E-state index in [-0.39, 0.29) is 12.0 Å². The van der Waals surface area contributed by atoms with Crippen LogP contribution in [0.5, 0.6) is 0 Å². The van der Waals surface area contributed by atoms with Crippen molar-refractivity contribution in [3.8, 4) is 0 Å². The maximum atomic E-state index is 10.2. The van der Waals surface area contributed by atoms with Crippen molar-refractivity contribution >= 4 is 0 Å². The van der Waals surface area contributed by atoms with Gasteiger partial charge in [-0.1, -0.05) is 38.3 Å². The molecule has 1 N–H and O–H groups in total. The first-order valence-electron chi connectivity index (χ1n) is 7.97. The van der Waals surface area contributed by atoms with Gasteiger partial charge in [0.25, 0.3) is 0 Å². The lowest BCUT2D eigenvalue weighted by Gasteiger charge is -2.16. The lowest BCUT2D eigenvalue weighted by Crippen LogP contribution is -2.25. The predicted molar refractivity (Wildman–Crippen MR) is 77.6 cm³/mol. The second-order valence-electron chi connectivity index (χ2n) is 5.64. The van der Waals surface area contributed by atoms with Gasteiger partial charge < -0.3 is 14.5 Å². The molecule has 0 amide bonds. The second kappa shape index (κ2) is 7.74. The lowest BCUT2D eigenvalue weighted by atomic mass is 9.97. The van der Waals surface area contributed by atoms with Crippen LogP contribution in [0.3, 0.4) is 0 Å². The van der Waals surface area contributed by atoms with Crippen LogP contribution in [0.15, 0.2) is 4.52 Å². The van der Waals surface area contributed by atoms with E-state index in [0.29, 0.717) is 5.89 Å². The van der Waals surface area contributed by atoms with E-state index in [1.54, 1.807) is 0 Å². The summed E-state index contributed by atoms with van der Waals surface area (Å²) in [7, 11) is 0. The van der Waals surface area contributed by atoms with E-state index in [1.165, 1.54) is 6.42 Å². The lowest BCUT2D eigenvalue weighted by molar-refractivity contribution is 0.119. The molecule has 20 heavy (non-hydrogen) atoms. The average Bonchev–Trinajstić information content (AvgIpc) is 2.82. The Bertz CT molecular complexity index is 390. The number of likely N-dealkylation sites (N-methyl/N-ethyl adjacent to an activating group) is 1. The summed E-state index contributed by atoms with van der Waals surface area (Å²) in [6.07, 6.45) is 5.72. The fourth-order valence-electron chi connectivity index (χ4n) is 2.89. The molecule has 0 saturated heterocycles. The molecule has 0 aliphatic heterocycles. The maximum absolute atomic E-state index is 10.2. The minimum atomic E-state index is -0.325. The van der Waals surface area contributed by atoms with Gasteiger partial charge in [0.05, 0.1) is 12.0 Å². The van der Waals surface area contributed by atoms with Gasteiger partial charge in [0, 0.05) is 13.0 Å². The average molecular weight is 281 g/mol. The molecule has 1 saturated carbocycles. The Morgan fingerprint density at radius 3 is 2.70 bits per heavy atom. The second-order valence-corrected chi connectivity index (χ2v) is 5.64. The Labute approximate surface area is 121 Å². The Kier molecular flexibility index (Phi) is 5.98. The van der Waals surface area contributed by atoms with Crippen LogP contribution in [0, 0.1) is 0 Å². The standard InChI is InChI=1S/C15H27N3O2/c1-3-18(4-2)11-10-14-16-15(20-17-14)12-8-6-5-7-9-13(12)19/h12-13,19H,3-11H2,1-2H3. The molecule has 5 nitrogen and oxygen atoms in total. The van der Waals surface area contributed by atoms with Crippen LogP contribution in [0.4, 0.5) is 0 Å². The summed E-state index contributed by atoms with van der Waals surface area (Å²) in [6.45, 7) is 7.37. The molecule has 0 bridgehead atoms. The molecule has 0 aromatic carbocycles. The van der Waals surface area contributed by atoms with Crippen LogP contribution >= 0.6 is 0 Å². The Morgan fingerprint density at radius 2 is 1.95 bits per heavy atom. The van der Waals surface area contributed by atoms with Crippen LogP contribution < -0.4 is 0 Å². The first kappa shape index (κ1) is 15.4. The number of rotatable bonds is 6. The van der Waals surface area contributed by atoms with Crippen molar-refractivity contribution in [2.45, 2.75) is 64.4 Å². The van der Waals surface area contributed by atoms with E-state index in [1.807, 2.05) is 0 Å². The van der Waals surface area contributed by atoms with Crippen LogP contribution in [0.25, 0.3) is 0 Å². The molecule has 1 fully saturated rings. The van der Waals surface area contributed by atoms with Crippen molar-refractivity contribution in [3.05, 3.63) is 11.7 Å². The number of aromatic nitrogens is 2. The number of hydrogen-bond acceptors (Lipinski definition) is 5. The zero-order valence-electron chi connectivity index (χ0n) is 12.7. The molecule has 1 aliphatic carbocycles. The van der Waals surface area contributed by atoms with Gasteiger partial charge in [-0.3, -0.25) is 0 Å². The van der Waals surface area contributed by atoms with Crippen molar-refractivity contribution < 1.29 is 9.63 Å². The zero-order valence-corrected chi connectivity index (χ0v) is 12.7. The molecule has 0 radical (unpaired) electrons. The summed E-state index contributed by atoms with van der Waals surface area (Å²) < 4.78 is 5.39. The van der Waals surface area contributed by atoms with E-state index >= 15 is 0 Å². The fourth-order valence-corrected chi connectivity index (χ4v) is 2.89. The van der Waals surface area contributed by atoms with Crippen molar-refractivity contribution in [1.82, 2.24) is 15.0 Å². The van der Waals surface area contributed by atoms with E-state index < -0.39 is 0 Å². The van der Waals surface area contributed by atoms with Gasteiger partial charge in [-0.05, 0) is 25.9 Å². The fraction of sp³-hybridized carbons (Fsp3) is 0.867. The van der Waals surface area contributed by atoms with Crippen molar-refractivity contribution in [1.29, 1.82) is 0 Å². The van der Waals surface area contributed by atoms with Crippen molar-refractivity contribution in [2.24, 2.45) is 0 Å². The topological polar surface area (TPSA) is 62.4 Å². The molecule has 2 rings (SSSR count). The highest BCUT2D eigenvalue weighted by Gasteiger charge is 2.28. The first-order valence-corrected chi connectivity index (χ1v) is 7.97. The third-order valence-electron chi connectivity index (χ3n) is 4.33. The maximum Gasteiger partial charge on any atom is 0.232 e. The molecular formula is C15H27N3O2. The molecule has 5 heteroatoms. The highest BCUT2D eigenvalue weighted by atomic mass is 16.5. The summed E-state index contributed by atoms with van der Waals surface area (Å²) in [5, 5.41) is 14.2. The Balaban J connectivity index is 1.93. The minimum absolute atomic E-state index is 0.0344. The van der Waals surface area contributed by atoms with E-state index in [0.717, 1.165) is 57.6 Å². The highest BCUT2D eigenvalue weighted by Crippen LogP contribution is 2.30. The molecule has 1 aromatic rings. The van der Waals surface area contributed by atoms with Gasteiger partial charge in [-0.25, -0.2) is 0 Å². The highest BCUT2D eigenvalue weighted by molar-refractivity contribution is 4.98. The van der Waals surface area contributed by atoms with Gasteiger partial charge in [-0.15, -0.1) is 0 Å². The molecule has 2 unspecified atom stereocenters. The van der Waals surface area contributed by atoms with E-state index in [4.69, 9.17) is 4.52 Å². The van der Waals surface area contributed by atoms with Gasteiger partial charge >= 0.3 is 0 Å². The van der Waals surface area contributed by atoms with Crippen LogP contribution in [0.1, 0.15) is 63.6 Å². The molecule has 0 spiro atoms. The summed E-state index contributed by atoms with van der Waals surface area (Å²) >= 11 is 0. The summed E-state index contributed by atoms with van der Waals surface area (Å²) in [5.74, 6) is 1.43. The minimum Gasteiger partial charge on any atom is -0.392 e. The van der Waals surface area contributed by atoms with Crippen LogP contribution in [0.2, 0.25) is 0 Å². The SMILES string of the molecule is CCN(CC)CCc1noc(C2CCCCCC2O)n1. The monoisotopic (exact) mass is 281 g/mol. The molecule has 2 atom stereocenters. The number of nitrogens with zero attached hydrogens (tertiary/aromatic N) is 3. The van der Waals surface area contributed by atoms with Gasteiger partial charge in [0.15, 0.2) is 5.82 Å². The van der Waals surface area contributed by atoms with Crippen LogP contribution in [-0.2, 0) is 6.42 Å². The quantitative estimate of drug-likeness (QED) is 0.811. The van der Waals surface area contributed by atoms with E-state index in [2.05, 4.69) is 28.9 Å². The molecular weight excluding hydrogens is 254 g/mol. The summed E-state index contributed by atoms with van der Waals surface area (Å²) in [6, 6.07) is 0. The van der Waals surface area contributed by atoms with Gasteiger partial charge in [0.2, 0.25) is 5.89 Å². The van der Waals surface area contributed by atoms with Gasteiger partial charge in [0.1, 0.15) is 0 Å². The number of hydrogen-bond donors (Lipinski definition) is 1. The predicted octanol–water partition coefficient (Wildman–Crippen LogP) is 2.36. The molecule has 114 valence electrons. The normalized spacial score (nSPS) is 24.0. The van der Waals surface area contributed by atoms with Crippen LogP contribution in [-0.4, -0.2) is 45.9 Å². The Morgan fingerprint density at radius 1 is 1.20 bits per heavy atom. The first-order chi connectivity index (χ1) is 9.74. The third kappa shape index (κ3) is 4.03. The van der Waals surface area contributed by atoms with Crippen molar-refractivity contribution in [2.75, 3.05) is 19.6 Å². The molecule has 1 heterocycles. The summed E-state index contributed by atoms with van der Waals surface area (Å²) in [5.41, 5.74) is 0. The number of aliphatic hydroxyl groups is 1. The van der Waals surface area contributed by atoms with E-state index in [9.17, 15) is 5.11 Å². The van der Waals surface area contributed by atoms with Crippen molar-refractivity contribution in [3.63, 3.8) is 0 Å². The zero-order chi connectivity index (χ0) is 14.4. The van der Waals surface area contributed by atoms with Gasteiger partial charge in [-0.2, -0.15) is 4.98 Å². The smallest absolute Gasteiger partial charge is 0.232 e. The molecule has 1 aromatic heterocycles. The number of aliphatic hydroxyl groups excluding tert-OH is 1. The Hall–Kier alpha value is -0.940. The summed E-state index contributed by atoms with van der Waals surface area (Å²) in [4.78, 5) is 6.85. The molecule has 1 aliphatic rings. The third-order valence-corrected chi connectivity index (χ3v) is 4.33. The largest absolute Gasteiger partial charge is 0.392 e.